The number of nitrogens with one attached hydrogen (secondary N) is 2. The molecule has 1 aliphatic rings. The Morgan fingerprint density at radius 2 is 1.84 bits per heavy atom. The van der Waals surface area contributed by atoms with E-state index in [-0.39, 0.29) is 0 Å². The minimum absolute atomic E-state index is 0.448. The molecule has 4 aromatic rings. The minimum atomic E-state index is -0.448. The van der Waals surface area contributed by atoms with E-state index in [2.05, 4.69) is 34.6 Å². The van der Waals surface area contributed by atoms with Crippen LogP contribution in [-0.2, 0) is 19.4 Å². The highest BCUT2D eigenvalue weighted by Crippen LogP contribution is 2.34. The molecule has 0 aliphatic heterocycles. The molecular weight excluding hydrogens is 398 g/mol. The van der Waals surface area contributed by atoms with E-state index in [0.717, 1.165) is 59.4 Å². The van der Waals surface area contributed by atoms with Crippen LogP contribution in [0.25, 0.3) is 22.3 Å². The van der Waals surface area contributed by atoms with E-state index in [0.29, 0.717) is 17.9 Å². The highest BCUT2D eigenvalue weighted by atomic mass is 16.1. The second-order valence-electron chi connectivity index (χ2n) is 8.44. The second kappa shape index (κ2) is 8.46. The molecule has 0 fully saturated rings. The first-order valence-corrected chi connectivity index (χ1v) is 11.2. The number of fused-ring (bicyclic) bond motifs is 2. The smallest absolute Gasteiger partial charge is 0.250 e. The summed E-state index contributed by atoms with van der Waals surface area (Å²) >= 11 is 0. The molecule has 2 aromatic heterocycles. The van der Waals surface area contributed by atoms with Gasteiger partial charge in [-0.2, -0.15) is 0 Å². The van der Waals surface area contributed by atoms with Crippen LogP contribution in [0.3, 0.4) is 0 Å². The number of hydrogen-bond donors (Lipinski definition) is 3. The number of primary amides is 1. The van der Waals surface area contributed by atoms with Crippen molar-refractivity contribution >= 4 is 22.6 Å². The number of nitrogens with two attached hydrogens (primary N) is 1. The van der Waals surface area contributed by atoms with Crippen LogP contribution in [0.2, 0.25) is 0 Å². The third kappa shape index (κ3) is 3.73. The lowest BCUT2D eigenvalue weighted by Crippen LogP contribution is -2.11. The topological polar surface area (TPSA) is 96.7 Å². The van der Waals surface area contributed by atoms with Crippen LogP contribution < -0.4 is 11.1 Å². The first-order valence-electron chi connectivity index (χ1n) is 11.2. The number of benzene rings is 2. The fourth-order valence-electron chi connectivity index (χ4n) is 4.65. The molecule has 0 spiro atoms. The van der Waals surface area contributed by atoms with Crippen molar-refractivity contribution in [3.05, 3.63) is 76.6 Å². The van der Waals surface area contributed by atoms with Gasteiger partial charge in [0.25, 0.3) is 5.91 Å². The summed E-state index contributed by atoms with van der Waals surface area (Å²) in [7, 11) is 0. The molecule has 4 N–H and O–H groups in total. The van der Waals surface area contributed by atoms with Gasteiger partial charge < -0.3 is 16.0 Å². The average Bonchev–Trinajstić information content (AvgIpc) is 2.96. The monoisotopic (exact) mass is 425 g/mol. The van der Waals surface area contributed by atoms with Crippen molar-refractivity contribution in [1.29, 1.82) is 0 Å². The zero-order valence-electron chi connectivity index (χ0n) is 18.2. The number of anilines is 1. The number of H-pyrrole nitrogens is 1. The van der Waals surface area contributed by atoms with E-state index in [9.17, 15) is 4.79 Å². The molecule has 1 amide bonds. The summed E-state index contributed by atoms with van der Waals surface area (Å²) < 4.78 is 0. The molecule has 0 saturated heterocycles. The lowest BCUT2D eigenvalue weighted by Gasteiger charge is -2.15. The van der Waals surface area contributed by atoms with Gasteiger partial charge in [-0.25, -0.2) is 9.97 Å². The number of amides is 1. The normalized spacial score (nSPS) is 13.5. The first-order chi connectivity index (χ1) is 15.6. The summed E-state index contributed by atoms with van der Waals surface area (Å²) in [5.41, 5.74) is 12.3. The van der Waals surface area contributed by atoms with Crippen LogP contribution >= 0.6 is 0 Å². The first kappa shape index (κ1) is 20.2. The number of para-hydroxylation sites is 1. The van der Waals surface area contributed by atoms with Crippen LogP contribution in [0, 0.1) is 6.92 Å². The third-order valence-electron chi connectivity index (χ3n) is 6.25. The zero-order chi connectivity index (χ0) is 22.1. The predicted octanol–water partition coefficient (Wildman–Crippen LogP) is 4.91. The lowest BCUT2D eigenvalue weighted by molar-refractivity contribution is 0.100. The van der Waals surface area contributed by atoms with Gasteiger partial charge in [0.1, 0.15) is 5.82 Å². The van der Waals surface area contributed by atoms with Gasteiger partial charge in [0, 0.05) is 34.4 Å². The Hall–Kier alpha value is -3.67. The predicted molar refractivity (Wildman–Crippen MR) is 128 cm³/mol. The highest BCUT2D eigenvalue weighted by molar-refractivity contribution is 6.09. The van der Waals surface area contributed by atoms with Crippen molar-refractivity contribution in [3.8, 4) is 11.4 Å². The van der Waals surface area contributed by atoms with Crippen LogP contribution in [0.4, 0.5) is 5.82 Å². The third-order valence-corrected chi connectivity index (χ3v) is 6.25. The zero-order valence-corrected chi connectivity index (χ0v) is 18.2. The van der Waals surface area contributed by atoms with Crippen molar-refractivity contribution in [2.45, 2.75) is 45.6 Å². The number of aryl methyl sites for hydroxylation is 2. The van der Waals surface area contributed by atoms with Crippen LogP contribution in [0.5, 0.6) is 0 Å². The molecule has 6 heteroatoms. The van der Waals surface area contributed by atoms with Crippen molar-refractivity contribution in [1.82, 2.24) is 15.0 Å². The Kier molecular flexibility index (Phi) is 5.35. The molecule has 0 bridgehead atoms. The van der Waals surface area contributed by atoms with Gasteiger partial charge in [-0.15, -0.1) is 0 Å². The van der Waals surface area contributed by atoms with Crippen LogP contribution in [0.15, 0.2) is 48.5 Å². The number of carbonyl (C=O) groups is 1. The standard InChI is InChI=1S/C26H27N5O/c1-16-22(19-12-8-13-20(24(27)32)23(19)29-16)26-30-21-14-7-3-6-11-18(21)25(31-26)28-15-17-9-4-2-5-10-17/h2,4-5,8-10,12-13,29H,3,6-7,11,14-15H2,1H3,(H2,27,32)(H,28,30,31). The van der Waals surface area contributed by atoms with E-state index in [1.807, 2.05) is 25.1 Å². The summed E-state index contributed by atoms with van der Waals surface area (Å²) in [6, 6.07) is 16.0. The Morgan fingerprint density at radius 1 is 1.03 bits per heavy atom. The molecule has 0 atom stereocenters. The largest absolute Gasteiger partial charge is 0.366 e. The fraction of sp³-hybridized carbons (Fsp3) is 0.269. The van der Waals surface area contributed by atoms with Crippen LogP contribution in [-0.4, -0.2) is 20.9 Å². The number of hydrogen-bond acceptors (Lipinski definition) is 4. The second-order valence-corrected chi connectivity index (χ2v) is 8.44. The minimum Gasteiger partial charge on any atom is -0.366 e. The maximum absolute atomic E-state index is 11.9. The van der Waals surface area contributed by atoms with Gasteiger partial charge in [0.15, 0.2) is 5.82 Å². The Morgan fingerprint density at radius 3 is 2.66 bits per heavy atom. The van der Waals surface area contributed by atoms with Gasteiger partial charge in [0.05, 0.1) is 11.1 Å². The van der Waals surface area contributed by atoms with Gasteiger partial charge in [-0.1, -0.05) is 48.9 Å². The molecule has 162 valence electrons. The maximum Gasteiger partial charge on any atom is 0.250 e. The van der Waals surface area contributed by atoms with Gasteiger partial charge >= 0.3 is 0 Å². The average molecular weight is 426 g/mol. The van der Waals surface area contributed by atoms with Gasteiger partial charge in [-0.3, -0.25) is 4.79 Å². The van der Waals surface area contributed by atoms with Gasteiger partial charge in [-0.05, 0) is 44.2 Å². The number of rotatable bonds is 5. The molecule has 1 aliphatic carbocycles. The van der Waals surface area contributed by atoms with E-state index in [1.165, 1.54) is 17.5 Å². The quantitative estimate of drug-likeness (QED) is 0.396. The Bertz CT molecular complexity index is 1290. The maximum atomic E-state index is 11.9. The van der Waals surface area contributed by atoms with Crippen LogP contribution in [0.1, 0.15) is 52.1 Å². The number of aromatic amines is 1. The summed E-state index contributed by atoms with van der Waals surface area (Å²) in [6.07, 6.45) is 5.45. The molecule has 0 saturated carbocycles. The molecule has 32 heavy (non-hydrogen) atoms. The van der Waals surface area contributed by atoms with Crippen molar-refractivity contribution < 1.29 is 4.79 Å². The molecule has 5 rings (SSSR count). The van der Waals surface area contributed by atoms with E-state index < -0.39 is 5.91 Å². The molecule has 6 nitrogen and oxygen atoms in total. The Balaban J connectivity index is 1.63. The number of nitrogens with zero attached hydrogens (tertiary/aromatic N) is 2. The van der Waals surface area contributed by atoms with E-state index >= 15 is 0 Å². The molecule has 0 unspecified atom stereocenters. The molecule has 0 radical (unpaired) electrons. The summed E-state index contributed by atoms with van der Waals surface area (Å²) in [5.74, 6) is 1.15. The van der Waals surface area contributed by atoms with E-state index in [4.69, 9.17) is 15.7 Å². The van der Waals surface area contributed by atoms with Crippen molar-refractivity contribution in [2.75, 3.05) is 5.32 Å². The summed E-state index contributed by atoms with van der Waals surface area (Å²) in [5, 5.41) is 4.50. The highest BCUT2D eigenvalue weighted by Gasteiger charge is 2.22. The number of aromatic nitrogens is 3. The Labute approximate surface area is 187 Å². The molecular formula is C26H27N5O. The summed E-state index contributed by atoms with van der Waals surface area (Å²) in [6.45, 7) is 2.70. The number of carbonyl (C=O) groups excluding carboxylic acids is 1. The molecule has 2 aromatic carbocycles. The van der Waals surface area contributed by atoms with E-state index in [1.54, 1.807) is 6.07 Å². The SMILES string of the molecule is Cc1[nH]c2c(C(N)=O)cccc2c1-c1nc2c(c(NCc3ccccc3)n1)CCCCC2. The van der Waals surface area contributed by atoms with Crippen molar-refractivity contribution in [2.24, 2.45) is 5.73 Å². The fourth-order valence-corrected chi connectivity index (χ4v) is 4.65. The van der Waals surface area contributed by atoms with Gasteiger partial charge in [0.2, 0.25) is 0 Å². The lowest BCUT2D eigenvalue weighted by atomic mass is 10.0. The summed E-state index contributed by atoms with van der Waals surface area (Å²) in [4.78, 5) is 25.3. The van der Waals surface area contributed by atoms with Crippen molar-refractivity contribution in [3.63, 3.8) is 0 Å². The molecule has 2 heterocycles.